The fraction of sp³-hybridized carbons (Fsp3) is 0.688. The average molecular weight is 293 g/mol. The number of rotatable bonds is 8. The van der Waals surface area contributed by atoms with Crippen molar-refractivity contribution in [2.24, 2.45) is 5.92 Å². The van der Waals surface area contributed by atoms with Crippen molar-refractivity contribution >= 4 is 5.82 Å². The summed E-state index contributed by atoms with van der Waals surface area (Å²) < 4.78 is 10.5. The van der Waals surface area contributed by atoms with E-state index in [9.17, 15) is 0 Å². The van der Waals surface area contributed by atoms with E-state index >= 15 is 0 Å². The molecule has 1 aromatic heterocycles. The third-order valence-corrected chi connectivity index (χ3v) is 3.80. The highest BCUT2D eigenvalue weighted by Crippen LogP contribution is 2.17. The topological polar surface area (TPSA) is 46.6 Å². The molecule has 1 aliphatic heterocycles. The van der Waals surface area contributed by atoms with Gasteiger partial charge in [0, 0.05) is 46.6 Å². The molecule has 118 valence electrons. The Morgan fingerprint density at radius 1 is 1.48 bits per heavy atom. The van der Waals surface area contributed by atoms with Crippen LogP contribution in [0, 0.1) is 5.92 Å². The molecule has 0 amide bonds. The van der Waals surface area contributed by atoms with Crippen molar-refractivity contribution in [3.8, 4) is 0 Å². The Morgan fingerprint density at radius 2 is 2.38 bits per heavy atom. The maximum absolute atomic E-state index is 5.54. The number of hydrogen-bond acceptors (Lipinski definition) is 5. The number of nitrogens with one attached hydrogen (secondary N) is 1. The van der Waals surface area contributed by atoms with E-state index in [2.05, 4.69) is 34.4 Å². The van der Waals surface area contributed by atoms with Gasteiger partial charge in [0.05, 0.1) is 13.2 Å². The molecule has 0 bridgehead atoms. The molecule has 5 nitrogen and oxygen atoms in total. The first-order chi connectivity index (χ1) is 10.3. The minimum Gasteiger partial charge on any atom is -0.383 e. The van der Waals surface area contributed by atoms with Crippen LogP contribution in [-0.4, -0.2) is 52.1 Å². The molecule has 0 radical (unpaired) electrons. The molecule has 1 N–H and O–H groups in total. The lowest BCUT2D eigenvalue weighted by atomic mass is 10.0. The van der Waals surface area contributed by atoms with E-state index < -0.39 is 0 Å². The smallest absolute Gasteiger partial charge is 0.128 e. The van der Waals surface area contributed by atoms with Gasteiger partial charge in [0.1, 0.15) is 5.82 Å². The van der Waals surface area contributed by atoms with Crippen LogP contribution in [0.25, 0.3) is 0 Å². The lowest BCUT2D eigenvalue weighted by molar-refractivity contribution is 0.0576. The zero-order chi connectivity index (χ0) is 14.9. The van der Waals surface area contributed by atoms with Crippen LogP contribution in [-0.2, 0) is 16.0 Å². The summed E-state index contributed by atoms with van der Waals surface area (Å²) in [5, 5.41) is 3.32. The molecule has 1 aliphatic rings. The summed E-state index contributed by atoms with van der Waals surface area (Å²) in [6, 6.07) is 4.23. The van der Waals surface area contributed by atoms with E-state index in [0.717, 1.165) is 45.3 Å². The van der Waals surface area contributed by atoms with Crippen molar-refractivity contribution < 1.29 is 9.47 Å². The molecule has 2 rings (SSSR count). The second kappa shape index (κ2) is 8.97. The Balaban J connectivity index is 1.77. The number of nitrogens with zero attached hydrogens (tertiary/aromatic N) is 2. The maximum atomic E-state index is 5.54. The van der Waals surface area contributed by atoms with Gasteiger partial charge in [-0.05, 0) is 30.4 Å². The number of methoxy groups -OCH3 is 1. The molecule has 0 saturated carbocycles. The number of pyridine rings is 1. The largest absolute Gasteiger partial charge is 0.383 e. The van der Waals surface area contributed by atoms with Crippen molar-refractivity contribution in [1.29, 1.82) is 0 Å². The van der Waals surface area contributed by atoms with Crippen molar-refractivity contribution in [3.05, 3.63) is 23.9 Å². The number of hydrogen-bond donors (Lipinski definition) is 1. The Bertz CT molecular complexity index is 391. The summed E-state index contributed by atoms with van der Waals surface area (Å²) in [7, 11) is 3.82. The van der Waals surface area contributed by atoms with Crippen molar-refractivity contribution in [1.82, 2.24) is 10.3 Å². The Morgan fingerprint density at radius 3 is 3.05 bits per heavy atom. The lowest BCUT2D eigenvalue weighted by Crippen LogP contribution is -2.31. The van der Waals surface area contributed by atoms with Gasteiger partial charge in [0.25, 0.3) is 0 Å². The van der Waals surface area contributed by atoms with Crippen LogP contribution in [0.2, 0.25) is 0 Å². The molecule has 1 saturated heterocycles. The Labute approximate surface area is 127 Å². The van der Waals surface area contributed by atoms with Crippen LogP contribution in [0.1, 0.15) is 18.4 Å². The molecular weight excluding hydrogens is 266 g/mol. The first-order valence-electron chi connectivity index (χ1n) is 7.73. The summed E-state index contributed by atoms with van der Waals surface area (Å²) in [6.45, 7) is 5.24. The second-order valence-corrected chi connectivity index (χ2v) is 5.66. The summed E-state index contributed by atoms with van der Waals surface area (Å²) >= 11 is 0. The highest BCUT2D eigenvalue weighted by molar-refractivity contribution is 5.38. The monoisotopic (exact) mass is 293 g/mol. The fourth-order valence-corrected chi connectivity index (χ4v) is 2.59. The molecule has 1 fully saturated rings. The van der Waals surface area contributed by atoms with Crippen molar-refractivity contribution in [2.75, 3.05) is 52.0 Å². The van der Waals surface area contributed by atoms with E-state index in [1.165, 1.54) is 18.4 Å². The van der Waals surface area contributed by atoms with Crippen LogP contribution >= 0.6 is 0 Å². The quantitative estimate of drug-likeness (QED) is 0.739. The first kappa shape index (κ1) is 16.2. The Kier molecular flexibility index (Phi) is 6.92. The van der Waals surface area contributed by atoms with Crippen LogP contribution in [0.15, 0.2) is 18.3 Å². The molecular formula is C16H27N3O2. The van der Waals surface area contributed by atoms with Gasteiger partial charge in [-0.15, -0.1) is 0 Å². The van der Waals surface area contributed by atoms with E-state index in [4.69, 9.17) is 9.47 Å². The third-order valence-electron chi connectivity index (χ3n) is 3.80. The third kappa shape index (κ3) is 5.61. The van der Waals surface area contributed by atoms with E-state index in [0.29, 0.717) is 5.92 Å². The van der Waals surface area contributed by atoms with Gasteiger partial charge in [-0.1, -0.05) is 6.07 Å². The van der Waals surface area contributed by atoms with Gasteiger partial charge >= 0.3 is 0 Å². The van der Waals surface area contributed by atoms with Gasteiger partial charge in [0.2, 0.25) is 0 Å². The average Bonchev–Trinajstić information content (AvgIpc) is 2.53. The summed E-state index contributed by atoms with van der Waals surface area (Å²) in [6.07, 6.45) is 4.38. The summed E-state index contributed by atoms with van der Waals surface area (Å²) in [5.41, 5.74) is 1.20. The van der Waals surface area contributed by atoms with Crippen LogP contribution in [0.4, 0.5) is 5.82 Å². The normalized spacial score (nSPS) is 18.7. The molecule has 1 unspecified atom stereocenters. The van der Waals surface area contributed by atoms with Gasteiger partial charge in [0.15, 0.2) is 0 Å². The highest BCUT2D eigenvalue weighted by atomic mass is 16.5. The van der Waals surface area contributed by atoms with Gasteiger partial charge in [-0.2, -0.15) is 0 Å². The van der Waals surface area contributed by atoms with Gasteiger partial charge in [-0.25, -0.2) is 4.98 Å². The SMILES string of the molecule is COCCNCc1ccc(N(C)CC2CCCOC2)nc1. The molecule has 0 aliphatic carbocycles. The molecule has 21 heavy (non-hydrogen) atoms. The summed E-state index contributed by atoms with van der Waals surface area (Å²) in [5.74, 6) is 1.65. The molecule has 2 heterocycles. The predicted molar refractivity (Wildman–Crippen MR) is 84.6 cm³/mol. The number of anilines is 1. The zero-order valence-corrected chi connectivity index (χ0v) is 13.2. The molecule has 1 atom stereocenters. The predicted octanol–water partition coefficient (Wildman–Crippen LogP) is 1.68. The van der Waals surface area contributed by atoms with Crippen molar-refractivity contribution in [2.45, 2.75) is 19.4 Å². The maximum Gasteiger partial charge on any atom is 0.128 e. The van der Waals surface area contributed by atoms with Crippen LogP contribution in [0.3, 0.4) is 0 Å². The fourth-order valence-electron chi connectivity index (χ4n) is 2.59. The highest BCUT2D eigenvalue weighted by Gasteiger charge is 2.16. The zero-order valence-electron chi connectivity index (χ0n) is 13.2. The molecule has 5 heteroatoms. The number of aromatic nitrogens is 1. The minimum absolute atomic E-state index is 0.626. The minimum atomic E-state index is 0.626. The molecule has 1 aromatic rings. The van der Waals surface area contributed by atoms with Gasteiger partial charge < -0.3 is 19.7 Å². The van der Waals surface area contributed by atoms with E-state index in [1.807, 2.05) is 6.20 Å². The molecule has 0 spiro atoms. The van der Waals surface area contributed by atoms with Crippen molar-refractivity contribution in [3.63, 3.8) is 0 Å². The van der Waals surface area contributed by atoms with E-state index in [1.54, 1.807) is 7.11 Å². The first-order valence-corrected chi connectivity index (χ1v) is 7.73. The van der Waals surface area contributed by atoms with E-state index in [-0.39, 0.29) is 0 Å². The van der Waals surface area contributed by atoms with Crippen LogP contribution in [0.5, 0.6) is 0 Å². The lowest BCUT2D eigenvalue weighted by Gasteiger charge is -2.27. The second-order valence-electron chi connectivity index (χ2n) is 5.66. The molecule has 0 aromatic carbocycles. The van der Waals surface area contributed by atoms with Gasteiger partial charge in [-0.3, -0.25) is 0 Å². The van der Waals surface area contributed by atoms with Crippen LogP contribution < -0.4 is 10.2 Å². The number of ether oxygens (including phenoxy) is 2. The standard InChI is InChI=1S/C16H27N3O2/c1-19(12-15-4-3-8-21-13-15)16-6-5-14(11-18-16)10-17-7-9-20-2/h5-6,11,15,17H,3-4,7-10,12-13H2,1-2H3. The summed E-state index contributed by atoms with van der Waals surface area (Å²) in [4.78, 5) is 6.78. The Hall–Kier alpha value is -1.17.